The first kappa shape index (κ1) is 27.6. The van der Waals surface area contributed by atoms with Gasteiger partial charge in [0.1, 0.15) is 0 Å². The van der Waals surface area contributed by atoms with E-state index in [9.17, 15) is 0 Å². The lowest BCUT2D eigenvalue weighted by molar-refractivity contribution is 0.296. The number of likely N-dealkylation sites (N-methyl/N-ethyl adjacent to an activating group) is 1. The monoisotopic (exact) mass is 558 g/mol. The van der Waals surface area contributed by atoms with Gasteiger partial charge in [-0.25, -0.2) is 0 Å². The molecule has 0 aliphatic heterocycles. The van der Waals surface area contributed by atoms with Crippen LogP contribution in [0, 0.1) is 0 Å². The van der Waals surface area contributed by atoms with Crippen molar-refractivity contribution in [3.05, 3.63) is 42.0 Å². The summed E-state index contributed by atoms with van der Waals surface area (Å²) in [5.41, 5.74) is 1.95. The van der Waals surface area contributed by atoms with Crippen molar-refractivity contribution in [3.8, 4) is 23.0 Å². The second-order valence-corrected chi connectivity index (χ2v) is 6.97. The Hall–Kier alpha value is -2.40. The van der Waals surface area contributed by atoms with Gasteiger partial charge in [0.05, 0.1) is 34.0 Å². The standard InChI is InChI=1S/C23H34N4O4.HI/c1-8-31-20-12-10-17(14-22(20)30-7)26-23(24-2)25-15-18(27(3)4)16-9-11-19(28-5)21(13-16)29-6;/h9-14,18H,8,15H2,1-7H3,(H2,24,25,26);1H. The summed E-state index contributed by atoms with van der Waals surface area (Å²) in [6.45, 7) is 3.15. The smallest absolute Gasteiger partial charge is 0.195 e. The molecule has 178 valence electrons. The molecule has 0 aliphatic rings. The molecule has 32 heavy (non-hydrogen) atoms. The molecule has 0 heterocycles. The molecule has 0 spiro atoms. The van der Waals surface area contributed by atoms with Gasteiger partial charge in [-0.1, -0.05) is 6.07 Å². The van der Waals surface area contributed by atoms with Crippen LogP contribution < -0.4 is 29.6 Å². The van der Waals surface area contributed by atoms with Gasteiger partial charge in [0, 0.05) is 25.3 Å². The van der Waals surface area contributed by atoms with Crippen LogP contribution in [0.15, 0.2) is 41.4 Å². The van der Waals surface area contributed by atoms with Crippen LogP contribution in [-0.4, -0.2) is 66.5 Å². The number of hydrogen-bond acceptors (Lipinski definition) is 6. The fraction of sp³-hybridized carbons (Fsp3) is 0.435. The number of rotatable bonds is 10. The fourth-order valence-corrected chi connectivity index (χ4v) is 3.19. The zero-order chi connectivity index (χ0) is 22.8. The normalized spacial score (nSPS) is 11.9. The van der Waals surface area contributed by atoms with E-state index >= 15 is 0 Å². The van der Waals surface area contributed by atoms with Gasteiger partial charge in [-0.15, -0.1) is 24.0 Å². The van der Waals surface area contributed by atoms with E-state index in [1.807, 2.05) is 57.4 Å². The van der Waals surface area contributed by atoms with E-state index in [0.717, 1.165) is 11.3 Å². The summed E-state index contributed by atoms with van der Waals surface area (Å²) in [5, 5.41) is 6.69. The lowest BCUT2D eigenvalue weighted by Gasteiger charge is -2.26. The summed E-state index contributed by atoms with van der Waals surface area (Å²) in [4.78, 5) is 6.48. The molecule has 0 fully saturated rings. The quantitative estimate of drug-likeness (QED) is 0.259. The van der Waals surface area contributed by atoms with Crippen LogP contribution in [0.5, 0.6) is 23.0 Å². The zero-order valence-corrected chi connectivity index (χ0v) is 22.2. The highest BCUT2D eigenvalue weighted by Gasteiger charge is 2.17. The highest BCUT2D eigenvalue weighted by atomic mass is 127. The number of anilines is 1. The van der Waals surface area contributed by atoms with Crippen LogP contribution in [0.4, 0.5) is 5.69 Å². The molecule has 1 atom stereocenters. The second kappa shape index (κ2) is 13.9. The maximum absolute atomic E-state index is 5.58. The minimum Gasteiger partial charge on any atom is -0.493 e. The molecule has 0 saturated heterocycles. The summed E-state index contributed by atoms with van der Waals surface area (Å²) in [5.74, 6) is 3.44. The Balaban J connectivity index is 0.00000512. The molecule has 9 heteroatoms. The molecule has 8 nitrogen and oxygen atoms in total. The third kappa shape index (κ3) is 7.33. The minimum absolute atomic E-state index is 0. The molecule has 2 aromatic carbocycles. The van der Waals surface area contributed by atoms with Crippen LogP contribution >= 0.6 is 24.0 Å². The van der Waals surface area contributed by atoms with E-state index in [2.05, 4.69) is 20.5 Å². The van der Waals surface area contributed by atoms with Crippen molar-refractivity contribution in [1.29, 1.82) is 0 Å². The first-order valence-electron chi connectivity index (χ1n) is 10.1. The van der Waals surface area contributed by atoms with E-state index < -0.39 is 0 Å². The van der Waals surface area contributed by atoms with Gasteiger partial charge in [-0.05, 0) is 50.8 Å². The molecule has 0 bridgehead atoms. The molecule has 0 aliphatic carbocycles. The highest BCUT2D eigenvalue weighted by molar-refractivity contribution is 14.0. The summed E-state index contributed by atoms with van der Waals surface area (Å²) in [6, 6.07) is 11.7. The SMILES string of the molecule is CCOc1ccc(NC(=NC)NCC(c2ccc(OC)c(OC)c2)N(C)C)cc1OC.I. The lowest BCUT2D eigenvalue weighted by Crippen LogP contribution is -2.38. The summed E-state index contributed by atoms with van der Waals surface area (Å²) in [7, 11) is 10.7. The van der Waals surface area contributed by atoms with Gasteiger partial charge in [-0.2, -0.15) is 0 Å². The Morgan fingerprint density at radius 1 is 0.938 bits per heavy atom. The van der Waals surface area contributed by atoms with Gasteiger partial charge in [0.15, 0.2) is 29.0 Å². The number of ether oxygens (including phenoxy) is 4. The predicted octanol–water partition coefficient (Wildman–Crippen LogP) is 4.02. The van der Waals surface area contributed by atoms with E-state index in [0.29, 0.717) is 42.1 Å². The molecule has 1 unspecified atom stereocenters. The number of benzene rings is 2. The van der Waals surface area contributed by atoms with Crippen LogP contribution in [0.1, 0.15) is 18.5 Å². The predicted molar refractivity (Wildman–Crippen MR) is 141 cm³/mol. The van der Waals surface area contributed by atoms with Crippen LogP contribution in [0.3, 0.4) is 0 Å². The number of nitrogens with zero attached hydrogens (tertiary/aromatic N) is 2. The van der Waals surface area contributed by atoms with E-state index in [4.69, 9.17) is 18.9 Å². The van der Waals surface area contributed by atoms with Crippen molar-refractivity contribution in [2.24, 2.45) is 4.99 Å². The third-order valence-electron chi connectivity index (χ3n) is 4.83. The maximum atomic E-state index is 5.58. The lowest BCUT2D eigenvalue weighted by atomic mass is 10.1. The molecule has 2 aromatic rings. The Kier molecular flexibility index (Phi) is 12.0. The molecule has 0 amide bonds. The Bertz CT molecular complexity index is 877. The average Bonchev–Trinajstić information content (AvgIpc) is 2.78. The van der Waals surface area contributed by atoms with E-state index in [-0.39, 0.29) is 30.0 Å². The number of guanidine groups is 1. The summed E-state index contributed by atoms with van der Waals surface area (Å²) < 4.78 is 21.8. The van der Waals surface area contributed by atoms with Gasteiger partial charge in [0.2, 0.25) is 0 Å². The Labute approximate surface area is 208 Å². The van der Waals surface area contributed by atoms with E-state index in [1.165, 1.54) is 0 Å². The third-order valence-corrected chi connectivity index (χ3v) is 4.83. The molecule has 0 aromatic heterocycles. The molecule has 2 rings (SSSR count). The van der Waals surface area contributed by atoms with Crippen LogP contribution in [-0.2, 0) is 0 Å². The minimum atomic E-state index is 0. The topological polar surface area (TPSA) is 76.6 Å². The number of halogens is 1. The van der Waals surface area contributed by atoms with Gasteiger partial charge in [0.25, 0.3) is 0 Å². The second-order valence-electron chi connectivity index (χ2n) is 6.97. The zero-order valence-electron chi connectivity index (χ0n) is 19.9. The number of nitrogens with one attached hydrogen (secondary N) is 2. The molecule has 0 saturated carbocycles. The Morgan fingerprint density at radius 2 is 1.56 bits per heavy atom. The van der Waals surface area contributed by atoms with Crippen molar-refractivity contribution >= 4 is 35.6 Å². The number of hydrogen-bond donors (Lipinski definition) is 2. The largest absolute Gasteiger partial charge is 0.493 e. The Morgan fingerprint density at radius 3 is 2.12 bits per heavy atom. The molecular weight excluding hydrogens is 523 g/mol. The first-order valence-corrected chi connectivity index (χ1v) is 10.1. The van der Waals surface area contributed by atoms with Gasteiger partial charge >= 0.3 is 0 Å². The van der Waals surface area contributed by atoms with Crippen LogP contribution in [0.25, 0.3) is 0 Å². The highest BCUT2D eigenvalue weighted by Crippen LogP contribution is 2.32. The number of methoxy groups -OCH3 is 3. The van der Waals surface area contributed by atoms with Gasteiger partial charge < -0.3 is 34.5 Å². The summed E-state index contributed by atoms with van der Waals surface area (Å²) in [6.07, 6.45) is 0. The van der Waals surface area contributed by atoms with Crippen LogP contribution in [0.2, 0.25) is 0 Å². The van der Waals surface area contributed by atoms with Crippen molar-refractivity contribution < 1.29 is 18.9 Å². The van der Waals surface area contributed by atoms with Gasteiger partial charge in [-0.3, -0.25) is 4.99 Å². The van der Waals surface area contributed by atoms with Crippen molar-refractivity contribution in [2.75, 3.05) is 60.9 Å². The van der Waals surface area contributed by atoms with E-state index in [1.54, 1.807) is 28.4 Å². The van der Waals surface area contributed by atoms with Crippen molar-refractivity contribution in [1.82, 2.24) is 10.2 Å². The molecular formula is C23H35IN4O4. The summed E-state index contributed by atoms with van der Waals surface area (Å²) >= 11 is 0. The average molecular weight is 558 g/mol. The fourth-order valence-electron chi connectivity index (χ4n) is 3.19. The maximum Gasteiger partial charge on any atom is 0.195 e. The van der Waals surface area contributed by atoms with Crippen molar-refractivity contribution in [2.45, 2.75) is 13.0 Å². The molecule has 2 N–H and O–H groups in total. The number of aliphatic imine (C=N–C) groups is 1. The first-order chi connectivity index (χ1) is 15.0. The van der Waals surface area contributed by atoms with Crippen molar-refractivity contribution in [3.63, 3.8) is 0 Å². The molecule has 0 radical (unpaired) electrons.